The van der Waals surface area contributed by atoms with Crippen LogP contribution in [0.15, 0.2) is 54.7 Å². The Bertz CT molecular complexity index is 995. The summed E-state index contributed by atoms with van der Waals surface area (Å²) in [7, 11) is 0. The molecule has 0 aliphatic heterocycles. The molecule has 0 saturated carbocycles. The quantitative estimate of drug-likeness (QED) is 0.627. The minimum atomic E-state index is -0.129. The van der Waals surface area contributed by atoms with Crippen LogP contribution in [0.2, 0.25) is 0 Å². The number of aliphatic hydroxyl groups is 1. The van der Waals surface area contributed by atoms with E-state index in [0.29, 0.717) is 25.5 Å². The first-order valence-electron chi connectivity index (χ1n) is 10.0. The number of benzene rings is 2. The van der Waals surface area contributed by atoms with Crippen LogP contribution in [-0.4, -0.2) is 20.9 Å². The van der Waals surface area contributed by atoms with E-state index in [2.05, 4.69) is 23.3 Å². The molecule has 1 atom stereocenters. The van der Waals surface area contributed by atoms with Gasteiger partial charge in [-0.25, -0.2) is 0 Å². The molecule has 0 saturated heterocycles. The third kappa shape index (κ3) is 4.74. The molecule has 4 rings (SSSR count). The van der Waals surface area contributed by atoms with Crippen LogP contribution in [0.1, 0.15) is 39.9 Å². The highest BCUT2D eigenvalue weighted by Crippen LogP contribution is 2.30. The molecule has 5 heteroatoms. The van der Waals surface area contributed by atoms with Crippen molar-refractivity contribution in [2.75, 3.05) is 0 Å². The molecule has 1 heterocycles. The van der Waals surface area contributed by atoms with Crippen LogP contribution >= 0.6 is 0 Å². The molecule has 1 aliphatic rings. The monoisotopic (exact) mass is 390 g/mol. The largest absolute Gasteiger partial charge is 0.461 e. The lowest BCUT2D eigenvalue weighted by Gasteiger charge is -2.09. The Morgan fingerprint density at radius 2 is 1.93 bits per heavy atom. The molecule has 0 amide bonds. The number of esters is 1. The van der Waals surface area contributed by atoms with Gasteiger partial charge >= 0.3 is 5.97 Å². The highest BCUT2D eigenvalue weighted by Gasteiger charge is 2.24. The van der Waals surface area contributed by atoms with Crippen LogP contribution in [0.4, 0.5) is 0 Å². The Kier molecular flexibility index (Phi) is 5.76. The number of hydrogen-bond donors (Lipinski definition) is 1. The summed E-state index contributed by atoms with van der Waals surface area (Å²) in [6, 6.07) is 16.3. The third-order valence-electron chi connectivity index (χ3n) is 5.55. The summed E-state index contributed by atoms with van der Waals surface area (Å²) in [5.41, 5.74) is 6.56. The van der Waals surface area contributed by atoms with Crippen molar-refractivity contribution in [1.29, 1.82) is 0 Å². The summed E-state index contributed by atoms with van der Waals surface area (Å²) in [5, 5.41) is 13.8. The topological polar surface area (TPSA) is 64.4 Å². The molecule has 3 aromatic rings. The molecule has 5 nitrogen and oxygen atoms in total. The predicted octanol–water partition coefficient (Wildman–Crippen LogP) is 3.58. The third-order valence-corrected chi connectivity index (χ3v) is 5.55. The van der Waals surface area contributed by atoms with E-state index in [9.17, 15) is 9.90 Å². The number of carbonyl (C=O) groups is 1. The van der Waals surface area contributed by atoms with E-state index in [1.807, 2.05) is 48.1 Å². The second kappa shape index (κ2) is 8.62. The molecule has 0 unspecified atom stereocenters. The van der Waals surface area contributed by atoms with Gasteiger partial charge in [0.25, 0.3) is 0 Å². The minimum absolute atomic E-state index is 0.0120. The van der Waals surface area contributed by atoms with Crippen molar-refractivity contribution in [2.24, 2.45) is 5.92 Å². The second-order valence-corrected chi connectivity index (χ2v) is 7.82. The molecule has 0 fully saturated rings. The first kappa shape index (κ1) is 19.4. The maximum absolute atomic E-state index is 12.2. The molecule has 0 bridgehead atoms. The predicted molar refractivity (Wildman–Crippen MR) is 110 cm³/mol. The Morgan fingerprint density at radius 1 is 1.14 bits per heavy atom. The Morgan fingerprint density at radius 3 is 2.69 bits per heavy atom. The summed E-state index contributed by atoms with van der Waals surface area (Å²) in [4.78, 5) is 12.2. The zero-order valence-electron chi connectivity index (χ0n) is 16.7. The van der Waals surface area contributed by atoms with Crippen molar-refractivity contribution in [1.82, 2.24) is 9.78 Å². The normalized spacial score (nSPS) is 15.3. The lowest BCUT2D eigenvalue weighted by molar-refractivity contribution is -0.146. The van der Waals surface area contributed by atoms with Gasteiger partial charge in [0.2, 0.25) is 0 Å². The van der Waals surface area contributed by atoms with Crippen LogP contribution in [0.5, 0.6) is 0 Å². The van der Waals surface area contributed by atoms with E-state index in [1.54, 1.807) is 0 Å². The molecule has 0 spiro atoms. The number of fused-ring (bicyclic) bond motifs is 1. The first-order valence-corrected chi connectivity index (χ1v) is 10.0. The average Bonchev–Trinajstić information content (AvgIpc) is 3.28. The number of hydrogen-bond acceptors (Lipinski definition) is 4. The lowest BCUT2D eigenvalue weighted by Crippen LogP contribution is -2.11. The van der Waals surface area contributed by atoms with E-state index in [1.165, 1.54) is 16.7 Å². The number of carbonyl (C=O) groups excluding carboxylic acids is 1. The highest BCUT2D eigenvalue weighted by atomic mass is 16.5. The standard InChI is InChI=1S/C24H26N2O3/c1-17-23(15-27)14-26(25-17)13-19-7-8-21-10-20(11-22(21)9-19)12-24(28)29-16-18-5-3-2-4-6-18/h2-9,14,20,27H,10-13,15-16H2,1H3/t20-/m1/s1. The summed E-state index contributed by atoms with van der Waals surface area (Å²) in [6.07, 6.45) is 4.18. The lowest BCUT2D eigenvalue weighted by atomic mass is 10.0. The second-order valence-electron chi connectivity index (χ2n) is 7.82. The first-order chi connectivity index (χ1) is 14.1. The van der Waals surface area contributed by atoms with E-state index in [-0.39, 0.29) is 12.6 Å². The summed E-state index contributed by atoms with van der Waals surface area (Å²) >= 11 is 0. The maximum Gasteiger partial charge on any atom is 0.306 e. The molecule has 29 heavy (non-hydrogen) atoms. The number of nitrogens with zero attached hydrogens (tertiary/aromatic N) is 2. The van der Waals surface area contributed by atoms with E-state index in [0.717, 1.165) is 29.7 Å². The van der Waals surface area contributed by atoms with Crippen molar-refractivity contribution in [3.05, 3.63) is 88.2 Å². The van der Waals surface area contributed by atoms with Crippen molar-refractivity contribution in [3.63, 3.8) is 0 Å². The van der Waals surface area contributed by atoms with Crippen molar-refractivity contribution in [2.45, 2.75) is 45.9 Å². The van der Waals surface area contributed by atoms with Gasteiger partial charge < -0.3 is 9.84 Å². The van der Waals surface area contributed by atoms with Gasteiger partial charge in [0.05, 0.1) is 18.8 Å². The van der Waals surface area contributed by atoms with Crippen LogP contribution < -0.4 is 0 Å². The van der Waals surface area contributed by atoms with Gasteiger partial charge in [0.15, 0.2) is 0 Å². The highest BCUT2D eigenvalue weighted by molar-refractivity contribution is 5.70. The number of aromatic nitrogens is 2. The van der Waals surface area contributed by atoms with Gasteiger partial charge in [0.1, 0.15) is 6.61 Å². The van der Waals surface area contributed by atoms with Crippen molar-refractivity contribution >= 4 is 5.97 Å². The fourth-order valence-electron chi connectivity index (χ4n) is 4.02. The molecule has 1 aliphatic carbocycles. The Labute approximate surface area is 171 Å². The van der Waals surface area contributed by atoms with E-state index >= 15 is 0 Å². The SMILES string of the molecule is Cc1nn(Cc2ccc3c(c2)C[C@H](CC(=O)OCc2ccccc2)C3)cc1CO. The van der Waals surface area contributed by atoms with Gasteiger partial charge in [-0.3, -0.25) is 9.48 Å². The van der Waals surface area contributed by atoms with Gasteiger partial charge in [-0.2, -0.15) is 5.10 Å². The fourth-order valence-corrected chi connectivity index (χ4v) is 4.02. The molecule has 0 radical (unpaired) electrons. The van der Waals surface area contributed by atoms with Crippen LogP contribution in [0, 0.1) is 12.8 Å². The van der Waals surface area contributed by atoms with E-state index in [4.69, 9.17) is 4.74 Å². The maximum atomic E-state index is 12.2. The van der Waals surface area contributed by atoms with Crippen LogP contribution in [0.3, 0.4) is 0 Å². The Balaban J connectivity index is 1.32. The van der Waals surface area contributed by atoms with Crippen molar-refractivity contribution < 1.29 is 14.6 Å². The molecule has 1 aromatic heterocycles. The van der Waals surface area contributed by atoms with Gasteiger partial charge in [-0.15, -0.1) is 0 Å². The minimum Gasteiger partial charge on any atom is -0.461 e. The van der Waals surface area contributed by atoms with Crippen LogP contribution in [0.25, 0.3) is 0 Å². The number of ether oxygens (including phenoxy) is 1. The van der Waals surface area contributed by atoms with Gasteiger partial charge in [0, 0.05) is 18.2 Å². The Hall–Kier alpha value is -2.92. The summed E-state index contributed by atoms with van der Waals surface area (Å²) < 4.78 is 7.32. The van der Waals surface area contributed by atoms with Crippen LogP contribution in [-0.2, 0) is 42.1 Å². The molecule has 1 N–H and O–H groups in total. The molecular formula is C24H26N2O3. The van der Waals surface area contributed by atoms with Gasteiger partial charge in [-0.05, 0) is 47.9 Å². The average molecular weight is 390 g/mol. The molecule has 150 valence electrons. The zero-order valence-corrected chi connectivity index (χ0v) is 16.7. The summed E-state index contributed by atoms with van der Waals surface area (Å²) in [6.45, 7) is 2.94. The fraction of sp³-hybridized carbons (Fsp3) is 0.333. The zero-order chi connectivity index (χ0) is 20.2. The summed E-state index contributed by atoms with van der Waals surface area (Å²) in [5.74, 6) is 0.173. The van der Waals surface area contributed by atoms with E-state index < -0.39 is 0 Å². The number of aliphatic hydroxyl groups excluding tert-OH is 1. The smallest absolute Gasteiger partial charge is 0.306 e. The van der Waals surface area contributed by atoms with Crippen molar-refractivity contribution in [3.8, 4) is 0 Å². The molecule has 2 aromatic carbocycles. The molecular weight excluding hydrogens is 364 g/mol. The number of rotatable bonds is 7. The number of aryl methyl sites for hydroxylation is 1. The van der Waals surface area contributed by atoms with Gasteiger partial charge in [-0.1, -0.05) is 48.5 Å².